The molecule has 10 heteroatoms. The molecule has 0 saturated heterocycles. The maximum atomic E-state index is 12.9. The first-order chi connectivity index (χ1) is 11.8. The second-order valence-corrected chi connectivity index (χ2v) is 10.0. The number of halogens is 2. The molecule has 0 saturated carbocycles. The van der Waals surface area contributed by atoms with E-state index in [4.69, 9.17) is 17.3 Å². The summed E-state index contributed by atoms with van der Waals surface area (Å²) in [5, 5.41) is 0.429. The lowest BCUT2D eigenvalue weighted by molar-refractivity contribution is 0.582. The van der Waals surface area contributed by atoms with E-state index in [0.717, 1.165) is 12.0 Å². The number of rotatable bonds is 5. The molecule has 132 valence electrons. The van der Waals surface area contributed by atoms with Crippen LogP contribution in [0.5, 0.6) is 0 Å². The molecule has 0 unspecified atom stereocenters. The Hall–Kier alpha value is -1.50. The monoisotopic (exact) mass is 442 g/mol. The number of nitrogen functional groups attached to an aromatic ring is 1. The molecule has 0 fully saturated rings. The molecular formula is C15H17BrClN6OP. The summed E-state index contributed by atoms with van der Waals surface area (Å²) in [5.41, 5.74) is 8.29. The Morgan fingerprint density at radius 3 is 2.72 bits per heavy atom. The molecule has 3 aromatic rings. The molecule has 7 nitrogen and oxygen atoms in total. The van der Waals surface area contributed by atoms with Crippen molar-refractivity contribution in [2.75, 3.05) is 18.6 Å². The molecule has 0 radical (unpaired) electrons. The van der Waals surface area contributed by atoms with Crippen molar-refractivity contribution >= 4 is 57.2 Å². The number of anilines is 1. The minimum atomic E-state index is -2.66. The van der Waals surface area contributed by atoms with Crippen molar-refractivity contribution in [3.63, 3.8) is 0 Å². The third-order valence-electron chi connectivity index (χ3n) is 3.77. The zero-order chi connectivity index (χ0) is 18.2. The summed E-state index contributed by atoms with van der Waals surface area (Å²) in [6.07, 6.45) is 3.01. The highest BCUT2D eigenvalue weighted by atomic mass is 79.9. The van der Waals surface area contributed by atoms with Gasteiger partial charge in [0, 0.05) is 12.4 Å². The van der Waals surface area contributed by atoms with Crippen LogP contribution in [0, 0.1) is 0 Å². The zero-order valence-electron chi connectivity index (χ0n) is 13.8. The minimum absolute atomic E-state index is 0.229. The molecule has 1 atom stereocenters. The van der Waals surface area contributed by atoms with Crippen LogP contribution < -0.4 is 11.3 Å². The summed E-state index contributed by atoms with van der Waals surface area (Å²) in [5.74, 6) is 0.229. The predicted octanol–water partition coefficient (Wildman–Crippen LogP) is 3.30. The Balaban J connectivity index is 2.12. The lowest BCUT2D eigenvalue weighted by Gasteiger charge is -2.12. The van der Waals surface area contributed by atoms with Gasteiger partial charge in [-0.25, -0.2) is 19.9 Å². The third kappa shape index (κ3) is 3.71. The second-order valence-electron chi connectivity index (χ2n) is 5.86. The van der Waals surface area contributed by atoms with Gasteiger partial charge in [0.05, 0.1) is 6.54 Å². The fourth-order valence-corrected chi connectivity index (χ4v) is 4.81. The molecule has 25 heavy (non-hydrogen) atoms. The Bertz CT molecular complexity index is 974. The molecule has 0 aliphatic heterocycles. The van der Waals surface area contributed by atoms with Gasteiger partial charge < -0.3 is 10.3 Å². The maximum Gasteiger partial charge on any atom is 0.192 e. The van der Waals surface area contributed by atoms with Gasteiger partial charge >= 0.3 is 0 Å². The van der Waals surface area contributed by atoms with Crippen LogP contribution in [0.4, 0.5) is 5.82 Å². The van der Waals surface area contributed by atoms with Crippen molar-refractivity contribution in [2.24, 2.45) is 0 Å². The molecule has 0 aromatic carbocycles. The van der Waals surface area contributed by atoms with Crippen LogP contribution >= 0.6 is 34.7 Å². The summed E-state index contributed by atoms with van der Waals surface area (Å²) in [4.78, 5) is 17.2. The Labute approximate surface area is 158 Å². The molecule has 3 aromatic heterocycles. The summed E-state index contributed by atoms with van der Waals surface area (Å²) in [6, 6.07) is 3.60. The van der Waals surface area contributed by atoms with Crippen molar-refractivity contribution in [1.82, 2.24) is 24.5 Å². The van der Waals surface area contributed by atoms with Crippen LogP contribution in [0.1, 0.15) is 18.9 Å². The molecule has 2 N–H and O–H groups in total. The molecule has 0 spiro atoms. The van der Waals surface area contributed by atoms with Crippen LogP contribution in [0.3, 0.4) is 0 Å². The maximum absolute atomic E-state index is 12.9. The average molecular weight is 444 g/mol. The average Bonchev–Trinajstić information content (AvgIpc) is 2.86. The molecule has 3 heterocycles. The SMILES string of the molecule is CCC[P@@](C)(=O)c1nc(N)c2nc(Br)n(Cc3ccc(Cl)nc3)c2n1. The van der Waals surface area contributed by atoms with E-state index in [-0.39, 0.29) is 5.82 Å². The zero-order valence-corrected chi connectivity index (χ0v) is 17.0. The number of pyridine rings is 1. The highest BCUT2D eigenvalue weighted by Crippen LogP contribution is 2.39. The predicted molar refractivity (Wildman–Crippen MR) is 104 cm³/mol. The Morgan fingerprint density at radius 1 is 1.32 bits per heavy atom. The van der Waals surface area contributed by atoms with Gasteiger partial charge in [0.25, 0.3) is 0 Å². The van der Waals surface area contributed by atoms with Crippen molar-refractivity contribution in [3.8, 4) is 0 Å². The van der Waals surface area contributed by atoms with Gasteiger partial charge in [-0.2, -0.15) is 0 Å². The van der Waals surface area contributed by atoms with Gasteiger partial charge in [0.2, 0.25) is 0 Å². The fourth-order valence-electron chi connectivity index (χ4n) is 2.54. The number of fused-ring (bicyclic) bond motifs is 1. The van der Waals surface area contributed by atoms with Gasteiger partial charge in [0.1, 0.15) is 12.3 Å². The summed E-state index contributed by atoms with van der Waals surface area (Å²) < 4.78 is 15.3. The lowest BCUT2D eigenvalue weighted by Crippen LogP contribution is -2.19. The minimum Gasteiger partial charge on any atom is -0.382 e. The van der Waals surface area contributed by atoms with E-state index in [2.05, 4.69) is 35.9 Å². The largest absolute Gasteiger partial charge is 0.382 e. The third-order valence-corrected chi connectivity index (χ3v) is 6.94. The van der Waals surface area contributed by atoms with E-state index >= 15 is 0 Å². The van der Waals surface area contributed by atoms with E-state index in [1.165, 1.54) is 0 Å². The van der Waals surface area contributed by atoms with E-state index in [1.807, 2.05) is 17.6 Å². The Morgan fingerprint density at radius 2 is 2.08 bits per heavy atom. The van der Waals surface area contributed by atoms with E-state index in [0.29, 0.717) is 39.3 Å². The number of nitrogens with two attached hydrogens (primary N) is 1. The van der Waals surface area contributed by atoms with Gasteiger partial charge in [0.15, 0.2) is 27.3 Å². The van der Waals surface area contributed by atoms with Crippen LogP contribution in [0.25, 0.3) is 11.2 Å². The molecule has 3 rings (SSSR count). The number of nitrogens with zero attached hydrogens (tertiary/aromatic N) is 5. The normalized spacial score (nSPS) is 13.9. The number of aromatic nitrogens is 5. The van der Waals surface area contributed by atoms with Crippen LogP contribution in [0.2, 0.25) is 5.15 Å². The van der Waals surface area contributed by atoms with Crippen molar-refractivity contribution in [1.29, 1.82) is 0 Å². The highest BCUT2D eigenvalue weighted by molar-refractivity contribution is 9.10. The topological polar surface area (TPSA) is 99.6 Å². The molecule has 0 aliphatic rings. The molecular weight excluding hydrogens is 427 g/mol. The number of imidazole rings is 1. The highest BCUT2D eigenvalue weighted by Gasteiger charge is 2.24. The summed E-state index contributed by atoms with van der Waals surface area (Å²) in [6.45, 7) is 4.14. The molecule has 0 bridgehead atoms. The van der Waals surface area contributed by atoms with Crippen molar-refractivity contribution in [3.05, 3.63) is 33.8 Å². The standard InChI is InChI=1S/C15H17BrClN6OP/c1-3-6-25(2,24)15-21-12(18)11-13(22-15)23(14(16)20-11)8-9-4-5-10(17)19-7-9/h4-5,7H,3,6,8H2,1-2H3,(H2,18,21,22)/t25-/m1/s1. The second kappa shape index (κ2) is 7.02. The van der Waals surface area contributed by atoms with Gasteiger partial charge in [-0.15, -0.1) is 0 Å². The molecule has 0 aliphatic carbocycles. The number of hydrogen-bond donors (Lipinski definition) is 1. The van der Waals surface area contributed by atoms with Crippen LogP contribution in [0.15, 0.2) is 23.1 Å². The van der Waals surface area contributed by atoms with Crippen molar-refractivity contribution in [2.45, 2.75) is 19.9 Å². The fraction of sp³-hybridized carbons (Fsp3) is 0.333. The lowest BCUT2D eigenvalue weighted by atomic mass is 10.3. The van der Waals surface area contributed by atoms with E-state index in [1.54, 1.807) is 18.9 Å². The first-order valence-electron chi connectivity index (χ1n) is 7.68. The first-order valence-corrected chi connectivity index (χ1v) is 11.2. The smallest absolute Gasteiger partial charge is 0.192 e. The van der Waals surface area contributed by atoms with Gasteiger partial charge in [-0.1, -0.05) is 24.6 Å². The summed E-state index contributed by atoms with van der Waals surface area (Å²) in [7, 11) is -2.66. The van der Waals surface area contributed by atoms with Gasteiger partial charge in [-0.05, 0) is 40.6 Å². The van der Waals surface area contributed by atoms with Gasteiger partial charge in [-0.3, -0.25) is 4.57 Å². The van der Waals surface area contributed by atoms with Crippen LogP contribution in [-0.2, 0) is 11.1 Å². The van der Waals surface area contributed by atoms with E-state index < -0.39 is 7.14 Å². The quantitative estimate of drug-likeness (QED) is 0.369. The summed E-state index contributed by atoms with van der Waals surface area (Å²) >= 11 is 9.27. The van der Waals surface area contributed by atoms with E-state index in [9.17, 15) is 4.57 Å². The van der Waals surface area contributed by atoms with Crippen LogP contribution in [-0.4, -0.2) is 37.3 Å². The van der Waals surface area contributed by atoms with Crippen molar-refractivity contribution < 1.29 is 4.57 Å². The molecule has 0 amide bonds. The number of hydrogen-bond acceptors (Lipinski definition) is 6. The Kier molecular flexibility index (Phi) is 5.14. The first kappa shape index (κ1) is 18.3.